The van der Waals surface area contributed by atoms with Gasteiger partial charge in [0.1, 0.15) is 0 Å². The van der Waals surface area contributed by atoms with Gasteiger partial charge in [0.25, 0.3) is 0 Å². The highest BCUT2D eigenvalue weighted by molar-refractivity contribution is 7.86. The maximum Gasteiger partial charge on any atom is 0.153 e. The van der Waals surface area contributed by atoms with Gasteiger partial charge in [-0.3, -0.25) is 9.29 Å². The summed E-state index contributed by atoms with van der Waals surface area (Å²) in [6, 6.07) is 13.6. The SMILES string of the molecule is Cc1cncc2cccc(S(=O)N3CCc4ccc(C#N)cc43)c12. The Hall–Kier alpha value is -2.71. The summed E-state index contributed by atoms with van der Waals surface area (Å²) in [6.07, 6.45) is 4.45. The van der Waals surface area contributed by atoms with E-state index < -0.39 is 11.0 Å². The standard InChI is InChI=1S/C19H15N3OS/c1-13-11-21-12-16-3-2-4-18(19(13)16)24(23)22-8-7-15-6-5-14(10-20)9-17(15)22/h2-6,9,11-12H,7-8H2,1H3. The third kappa shape index (κ3) is 2.27. The highest BCUT2D eigenvalue weighted by Gasteiger charge is 2.26. The lowest BCUT2D eigenvalue weighted by molar-refractivity contribution is 0.681. The fourth-order valence-electron chi connectivity index (χ4n) is 3.23. The van der Waals surface area contributed by atoms with Gasteiger partial charge in [0.15, 0.2) is 11.0 Å². The number of benzene rings is 2. The molecule has 0 bridgehead atoms. The van der Waals surface area contributed by atoms with E-state index in [1.54, 1.807) is 12.4 Å². The Morgan fingerprint density at radius 3 is 2.96 bits per heavy atom. The summed E-state index contributed by atoms with van der Waals surface area (Å²) in [5.74, 6) is 0. The largest absolute Gasteiger partial charge is 0.287 e. The Morgan fingerprint density at radius 2 is 2.12 bits per heavy atom. The number of anilines is 1. The van der Waals surface area contributed by atoms with Crippen molar-refractivity contribution in [3.05, 3.63) is 65.5 Å². The molecule has 0 N–H and O–H groups in total. The van der Waals surface area contributed by atoms with E-state index in [1.165, 1.54) is 0 Å². The number of nitriles is 1. The second kappa shape index (κ2) is 5.73. The van der Waals surface area contributed by atoms with Crippen LogP contribution in [-0.4, -0.2) is 15.7 Å². The van der Waals surface area contributed by atoms with Crippen LogP contribution in [0.2, 0.25) is 0 Å². The van der Waals surface area contributed by atoms with E-state index in [0.717, 1.165) is 38.9 Å². The molecular formula is C19H15N3OS. The third-order valence-corrected chi connectivity index (χ3v) is 5.89. The van der Waals surface area contributed by atoms with Crippen molar-refractivity contribution < 1.29 is 4.21 Å². The molecule has 0 spiro atoms. The first-order chi connectivity index (χ1) is 11.7. The molecule has 1 atom stereocenters. The average molecular weight is 333 g/mol. The predicted molar refractivity (Wildman–Crippen MR) is 95.1 cm³/mol. The summed E-state index contributed by atoms with van der Waals surface area (Å²) >= 11 is 0. The number of nitrogens with zero attached hydrogens (tertiary/aromatic N) is 3. The Kier molecular flexibility index (Phi) is 3.55. The minimum atomic E-state index is -1.32. The molecule has 118 valence electrons. The van der Waals surface area contributed by atoms with Crippen LogP contribution in [0.15, 0.2) is 53.7 Å². The lowest BCUT2D eigenvalue weighted by Crippen LogP contribution is -2.23. The van der Waals surface area contributed by atoms with Crippen molar-refractivity contribution in [1.29, 1.82) is 5.26 Å². The summed E-state index contributed by atoms with van der Waals surface area (Å²) in [5, 5.41) is 11.1. The molecule has 1 aliphatic heterocycles. The van der Waals surface area contributed by atoms with E-state index in [4.69, 9.17) is 5.26 Å². The molecule has 24 heavy (non-hydrogen) atoms. The number of fused-ring (bicyclic) bond motifs is 2. The van der Waals surface area contributed by atoms with Crippen molar-refractivity contribution >= 4 is 27.4 Å². The molecule has 0 saturated carbocycles. The molecule has 5 heteroatoms. The first-order valence-corrected chi connectivity index (χ1v) is 8.85. The first kappa shape index (κ1) is 14.9. The topological polar surface area (TPSA) is 57.0 Å². The van der Waals surface area contributed by atoms with E-state index in [1.807, 2.05) is 47.6 Å². The molecule has 0 aliphatic carbocycles. The van der Waals surface area contributed by atoms with Gasteiger partial charge in [-0.25, -0.2) is 4.21 Å². The van der Waals surface area contributed by atoms with E-state index >= 15 is 0 Å². The van der Waals surface area contributed by atoms with Crippen molar-refractivity contribution in [3.8, 4) is 6.07 Å². The highest BCUT2D eigenvalue weighted by atomic mass is 32.2. The minimum absolute atomic E-state index is 0.593. The van der Waals surface area contributed by atoms with Crippen LogP contribution in [0.3, 0.4) is 0 Å². The van der Waals surface area contributed by atoms with Gasteiger partial charge in [0, 0.05) is 29.7 Å². The molecule has 0 radical (unpaired) electrons. The van der Waals surface area contributed by atoms with Gasteiger partial charge < -0.3 is 0 Å². The summed E-state index contributed by atoms with van der Waals surface area (Å²) in [7, 11) is -1.32. The molecule has 0 fully saturated rings. The van der Waals surface area contributed by atoms with Crippen LogP contribution in [0.5, 0.6) is 0 Å². The first-order valence-electron chi connectivity index (χ1n) is 7.75. The second-order valence-electron chi connectivity index (χ2n) is 5.87. The maximum atomic E-state index is 13.3. The van der Waals surface area contributed by atoms with Gasteiger partial charge in [-0.2, -0.15) is 5.26 Å². The van der Waals surface area contributed by atoms with Crippen molar-refractivity contribution in [1.82, 2.24) is 4.98 Å². The number of hydrogen-bond acceptors (Lipinski definition) is 3. The summed E-state index contributed by atoms with van der Waals surface area (Å²) in [5.41, 5.74) is 3.65. The lowest BCUT2D eigenvalue weighted by atomic mass is 10.1. The van der Waals surface area contributed by atoms with Gasteiger partial charge >= 0.3 is 0 Å². The fraction of sp³-hybridized carbons (Fsp3) is 0.158. The van der Waals surface area contributed by atoms with Gasteiger partial charge in [-0.15, -0.1) is 0 Å². The van der Waals surface area contributed by atoms with Crippen LogP contribution >= 0.6 is 0 Å². The molecule has 2 heterocycles. The normalized spacial score (nSPS) is 14.4. The van der Waals surface area contributed by atoms with Crippen molar-refractivity contribution in [2.24, 2.45) is 0 Å². The highest BCUT2D eigenvalue weighted by Crippen LogP contribution is 2.34. The molecule has 1 aromatic heterocycles. The molecule has 0 amide bonds. The maximum absolute atomic E-state index is 13.3. The molecular weight excluding hydrogens is 318 g/mol. The van der Waals surface area contributed by atoms with Crippen LogP contribution in [0.1, 0.15) is 16.7 Å². The van der Waals surface area contributed by atoms with Crippen molar-refractivity contribution in [2.75, 3.05) is 10.8 Å². The summed E-state index contributed by atoms with van der Waals surface area (Å²) in [4.78, 5) is 5.01. The average Bonchev–Trinajstić information content (AvgIpc) is 3.04. The zero-order valence-corrected chi connectivity index (χ0v) is 14.0. The number of rotatable bonds is 2. The predicted octanol–water partition coefficient (Wildman–Crippen LogP) is 3.50. The van der Waals surface area contributed by atoms with Gasteiger partial charge in [-0.1, -0.05) is 18.2 Å². The van der Waals surface area contributed by atoms with Gasteiger partial charge in [0.2, 0.25) is 0 Å². The van der Waals surface area contributed by atoms with Crippen LogP contribution in [-0.2, 0) is 17.4 Å². The zero-order chi connectivity index (χ0) is 16.7. The van der Waals surface area contributed by atoms with Gasteiger partial charge in [0.05, 0.1) is 22.2 Å². The van der Waals surface area contributed by atoms with Gasteiger partial charge in [-0.05, 0) is 42.7 Å². The van der Waals surface area contributed by atoms with Crippen molar-refractivity contribution in [3.63, 3.8) is 0 Å². The Morgan fingerprint density at radius 1 is 1.25 bits per heavy atom. The zero-order valence-electron chi connectivity index (χ0n) is 13.2. The Bertz CT molecular complexity index is 1020. The monoisotopic (exact) mass is 333 g/mol. The Labute approximate surface area is 143 Å². The molecule has 4 nitrogen and oxygen atoms in total. The van der Waals surface area contributed by atoms with Crippen LogP contribution in [0, 0.1) is 18.3 Å². The molecule has 1 unspecified atom stereocenters. The molecule has 0 saturated heterocycles. The molecule has 3 aromatic rings. The summed E-state index contributed by atoms with van der Waals surface area (Å²) < 4.78 is 15.2. The van der Waals surface area contributed by atoms with E-state index in [2.05, 4.69) is 11.1 Å². The number of aromatic nitrogens is 1. The van der Waals surface area contributed by atoms with E-state index in [9.17, 15) is 4.21 Å². The van der Waals surface area contributed by atoms with Crippen LogP contribution in [0.4, 0.5) is 5.69 Å². The number of aryl methyl sites for hydroxylation is 1. The second-order valence-corrected chi connectivity index (χ2v) is 7.25. The van der Waals surface area contributed by atoms with Crippen LogP contribution in [0.25, 0.3) is 10.8 Å². The van der Waals surface area contributed by atoms with Crippen molar-refractivity contribution in [2.45, 2.75) is 18.2 Å². The Balaban J connectivity index is 1.84. The van der Waals surface area contributed by atoms with Crippen LogP contribution < -0.4 is 4.31 Å². The quantitative estimate of drug-likeness (QED) is 0.721. The minimum Gasteiger partial charge on any atom is -0.287 e. The van der Waals surface area contributed by atoms with E-state index in [-0.39, 0.29) is 0 Å². The molecule has 1 aliphatic rings. The smallest absolute Gasteiger partial charge is 0.153 e. The molecule has 4 rings (SSSR count). The fourth-order valence-corrected chi connectivity index (χ4v) is 4.72. The van der Waals surface area contributed by atoms with E-state index in [0.29, 0.717) is 12.1 Å². The third-order valence-electron chi connectivity index (χ3n) is 4.39. The number of hydrogen-bond donors (Lipinski definition) is 0. The summed E-state index contributed by atoms with van der Waals surface area (Å²) in [6.45, 7) is 2.68. The molecule has 2 aromatic carbocycles. The number of pyridine rings is 1. The lowest BCUT2D eigenvalue weighted by Gasteiger charge is -2.20.